The van der Waals surface area contributed by atoms with Crippen LogP contribution in [-0.2, 0) is 9.53 Å². The van der Waals surface area contributed by atoms with Gasteiger partial charge in [0.2, 0.25) is 0 Å². The van der Waals surface area contributed by atoms with E-state index < -0.39 is 5.60 Å². The molecule has 0 aromatic carbocycles. The molecule has 1 unspecified atom stereocenters. The van der Waals surface area contributed by atoms with Crippen molar-refractivity contribution in [2.24, 2.45) is 0 Å². The lowest BCUT2D eigenvalue weighted by molar-refractivity contribution is -0.155. The molecular formula is C19H36N2O2. The van der Waals surface area contributed by atoms with Gasteiger partial charge in [0, 0.05) is 19.1 Å². The number of allylic oxidation sites excluding steroid dienone is 2. The van der Waals surface area contributed by atoms with Gasteiger partial charge >= 0.3 is 5.97 Å². The number of carbonyl (C=O) groups excluding carboxylic acids is 1. The van der Waals surface area contributed by atoms with Crippen molar-refractivity contribution in [2.75, 3.05) is 26.2 Å². The molecule has 0 rings (SSSR count). The molecule has 0 fully saturated rings. The summed E-state index contributed by atoms with van der Waals surface area (Å²) in [5.41, 5.74) is -0.433. The number of rotatable bonds is 10. The molecule has 0 amide bonds. The minimum atomic E-state index is -0.433. The summed E-state index contributed by atoms with van der Waals surface area (Å²) < 4.78 is 5.46. The van der Waals surface area contributed by atoms with Crippen molar-refractivity contribution < 1.29 is 9.53 Å². The molecule has 0 aliphatic rings. The Labute approximate surface area is 143 Å². The fraction of sp³-hybridized carbons (Fsp3) is 0.737. The molecule has 0 N–H and O–H groups in total. The molecule has 0 saturated heterocycles. The van der Waals surface area contributed by atoms with Crippen LogP contribution in [0.5, 0.6) is 0 Å². The first-order chi connectivity index (χ1) is 10.8. The molecule has 1 atom stereocenters. The number of nitrogens with zero attached hydrogens (tertiary/aromatic N) is 2. The maximum absolute atomic E-state index is 12.1. The highest BCUT2D eigenvalue weighted by Crippen LogP contribution is 2.13. The van der Waals surface area contributed by atoms with E-state index in [1.807, 2.05) is 32.9 Å². The van der Waals surface area contributed by atoms with E-state index in [9.17, 15) is 4.79 Å². The fourth-order valence-electron chi connectivity index (χ4n) is 2.36. The van der Waals surface area contributed by atoms with Crippen LogP contribution in [0.1, 0.15) is 54.9 Å². The Kier molecular flexibility index (Phi) is 10.6. The molecule has 0 aliphatic heterocycles. The topological polar surface area (TPSA) is 32.8 Å². The Morgan fingerprint density at radius 1 is 1.00 bits per heavy atom. The lowest BCUT2D eigenvalue weighted by atomic mass is 10.1. The molecule has 0 radical (unpaired) electrons. The average Bonchev–Trinajstić information content (AvgIpc) is 2.46. The minimum Gasteiger partial charge on any atom is -0.460 e. The number of hydrogen-bond acceptors (Lipinski definition) is 4. The van der Waals surface area contributed by atoms with Crippen LogP contribution >= 0.6 is 0 Å². The second kappa shape index (κ2) is 11.3. The van der Waals surface area contributed by atoms with Crippen LogP contribution in [0.3, 0.4) is 0 Å². The highest BCUT2D eigenvalue weighted by atomic mass is 16.6. The lowest BCUT2D eigenvalue weighted by Crippen LogP contribution is -2.37. The third-order valence-electron chi connectivity index (χ3n) is 3.63. The van der Waals surface area contributed by atoms with Crippen LogP contribution in [0.15, 0.2) is 24.4 Å². The summed E-state index contributed by atoms with van der Waals surface area (Å²) in [6.07, 6.45) is 8.64. The number of esters is 1. The summed E-state index contributed by atoms with van der Waals surface area (Å²) >= 11 is 0. The maximum Gasteiger partial charge on any atom is 0.308 e. The highest BCUT2D eigenvalue weighted by Gasteiger charge is 2.21. The third kappa shape index (κ3) is 10.2. The van der Waals surface area contributed by atoms with E-state index in [1.54, 1.807) is 0 Å². The quantitative estimate of drug-likeness (QED) is 0.451. The SMILES string of the molecule is CCN(/C=C/C=C/C(CC(=O)OC(C)(C)C)N(CC)CC)CC. The Balaban J connectivity index is 4.85. The first-order valence-corrected chi connectivity index (χ1v) is 8.82. The van der Waals surface area contributed by atoms with E-state index in [0.29, 0.717) is 6.42 Å². The first-order valence-electron chi connectivity index (χ1n) is 8.82. The standard InChI is InChI=1S/C19H36N2O2/c1-8-20(9-2)15-13-12-14-17(21(10-3)11-4)16-18(22)23-19(5,6)7/h12-15,17H,8-11,16H2,1-7H3/b14-12+,15-13+. The number of hydrogen-bond donors (Lipinski definition) is 0. The predicted molar refractivity (Wildman–Crippen MR) is 98.4 cm³/mol. The van der Waals surface area contributed by atoms with Gasteiger partial charge in [-0.3, -0.25) is 9.69 Å². The van der Waals surface area contributed by atoms with Gasteiger partial charge in [0.1, 0.15) is 5.60 Å². The number of likely N-dealkylation sites (N-methyl/N-ethyl adjacent to an activating group) is 1. The van der Waals surface area contributed by atoms with E-state index in [1.165, 1.54) is 0 Å². The zero-order valence-corrected chi connectivity index (χ0v) is 16.1. The molecule has 23 heavy (non-hydrogen) atoms. The van der Waals surface area contributed by atoms with Gasteiger partial charge in [0.25, 0.3) is 0 Å². The fourth-order valence-corrected chi connectivity index (χ4v) is 2.36. The van der Waals surface area contributed by atoms with E-state index in [-0.39, 0.29) is 12.0 Å². The van der Waals surface area contributed by atoms with Crippen molar-refractivity contribution in [1.82, 2.24) is 9.80 Å². The molecule has 0 spiro atoms. The summed E-state index contributed by atoms with van der Waals surface area (Å²) in [5.74, 6) is -0.147. The third-order valence-corrected chi connectivity index (χ3v) is 3.63. The van der Waals surface area contributed by atoms with Gasteiger partial charge in [-0.15, -0.1) is 0 Å². The summed E-state index contributed by atoms with van der Waals surface area (Å²) in [6.45, 7) is 18.0. The van der Waals surface area contributed by atoms with E-state index in [2.05, 4.69) is 49.8 Å². The van der Waals surface area contributed by atoms with Crippen molar-refractivity contribution in [3.63, 3.8) is 0 Å². The van der Waals surface area contributed by atoms with Gasteiger partial charge in [-0.25, -0.2) is 0 Å². The Bertz CT molecular complexity index is 375. The number of carbonyl (C=O) groups is 1. The maximum atomic E-state index is 12.1. The molecule has 0 bridgehead atoms. The molecule has 134 valence electrons. The lowest BCUT2D eigenvalue weighted by Gasteiger charge is -2.28. The normalized spacial score (nSPS) is 13.9. The van der Waals surface area contributed by atoms with Crippen molar-refractivity contribution >= 4 is 5.97 Å². The number of ether oxygens (including phenoxy) is 1. The Morgan fingerprint density at radius 2 is 1.57 bits per heavy atom. The molecule has 0 aliphatic carbocycles. The molecule has 0 aromatic rings. The van der Waals surface area contributed by atoms with Crippen LogP contribution in [-0.4, -0.2) is 53.6 Å². The monoisotopic (exact) mass is 324 g/mol. The highest BCUT2D eigenvalue weighted by molar-refractivity contribution is 5.71. The molecule has 0 saturated carbocycles. The van der Waals surface area contributed by atoms with Gasteiger partial charge in [-0.05, 0) is 60.0 Å². The van der Waals surface area contributed by atoms with Crippen LogP contribution < -0.4 is 0 Å². The first kappa shape index (κ1) is 21.7. The minimum absolute atomic E-state index is 0.0706. The average molecular weight is 325 g/mol. The molecular weight excluding hydrogens is 288 g/mol. The largest absolute Gasteiger partial charge is 0.460 e. The van der Waals surface area contributed by atoms with Gasteiger partial charge in [0.05, 0.1) is 6.42 Å². The Hall–Kier alpha value is -1.29. The van der Waals surface area contributed by atoms with Crippen molar-refractivity contribution in [3.05, 3.63) is 24.4 Å². The molecule has 4 heteroatoms. The van der Waals surface area contributed by atoms with Gasteiger partial charge in [-0.1, -0.05) is 26.0 Å². The van der Waals surface area contributed by atoms with Crippen LogP contribution in [0.2, 0.25) is 0 Å². The zero-order valence-electron chi connectivity index (χ0n) is 16.1. The molecule has 0 heterocycles. The summed E-state index contributed by atoms with van der Waals surface area (Å²) in [4.78, 5) is 16.6. The predicted octanol–water partition coefficient (Wildman–Crippen LogP) is 3.84. The van der Waals surface area contributed by atoms with Crippen LogP contribution in [0, 0.1) is 0 Å². The zero-order chi connectivity index (χ0) is 17.9. The summed E-state index contributed by atoms with van der Waals surface area (Å²) in [7, 11) is 0. The second-order valence-electron chi connectivity index (χ2n) is 6.53. The summed E-state index contributed by atoms with van der Waals surface area (Å²) in [5, 5.41) is 0. The van der Waals surface area contributed by atoms with Crippen molar-refractivity contribution in [1.29, 1.82) is 0 Å². The van der Waals surface area contributed by atoms with E-state index in [4.69, 9.17) is 4.74 Å². The Morgan fingerprint density at radius 3 is 2.00 bits per heavy atom. The second-order valence-corrected chi connectivity index (χ2v) is 6.53. The van der Waals surface area contributed by atoms with Gasteiger partial charge in [0.15, 0.2) is 0 Å². The molecule has 4 nitrogen and oxygen atoms in total. The van der Waals surface area contributed by atoms with E-state index in [0.717, 1.165) is 26.2 Å². The van der Waals surface area contributed by atoms with Crippen molar-refractivity contribution in [3.8, 4) is 0 Å². The van der Waals surface area contributed by atoms with Crippen LogP contribution in [0.4, 0.5) is 0 Å². The summed E-state index contributed by atoms with van der Waals surface area (Å²) in [6, 6.07) is 0.0706. The van der Waals surface area contributed by atoms with Crippen molar-refractivity contribution in [2.45, 2.75) is 66.5 Å². The van der Waals surface area contributed by atoms with Crippen LogP contribution in [0.25, 0.3) is 0 Å². The smallest absolute Gasteiger partial charge is 0.308 e. The molecule has 0 aromatic heterocycles. The van der Waals surface area contributed by atoms with Gasteiger partial charge in [-0.2, -0.15) is 0 Å². The van der Waals surface area contributed by atoms with Gasteiger partial charge < -0.3 is 9.64 Å². The van der Waals surface area contributed by atoms with E-state index >= 15 is 0 Å².